The van der Waals surface area contributed by atoms with E-state index in [1.54, 1.807) is 7.05 Å². The lowest BCUT2D eigenvalue weighted by atomic mass is 9.86. The van der Waals surface area contributed by atoms with Crippen LogP contribution in [0.15, 0.2) is 89.9 Å². The lowest BCUT2D eigenvalue weighted by molar-refractivity contribution is -0.134. The highest BCUT2D eigenvalue weighted by atomic mass is 16.3. The first-order valence-electron chi connectivity index (χ1n) is 12.4. The third-order valence-corrected chi connectivity index (χ3v) is 6.68. The third kappa shape index (κ3) is 5.55. The molecule has 3 aromatic rings. The number of carbonyl (C=O) groups excluding carboxylic acids is 2. The van der Waals surface area contributed by atoms with Gasteiger partial charge in [0.15, 0.2) is 0 Å². The topological polar surface area (TPSA) is 82.0 Å². The van der Waals surface area contributed by atoms with Crippen molar-refractivity contribution in [2.45, 2.75) is 39.0 Å². The number of rotatable bonds is 8. The van der Waals surface area contributed by atoms with Crippen LogP contribution in [0, 0.1) is 11.8 Å². The van der Waals surface area contributed by atoms with E-state index in [1.807, 2.05) is 98.8 Å². The maximum Gasteiger partial charge on any atom is 0.272 e. The quantitative estimate of drug-likeness (QED) is 0.504. The van der Waals surface area contributed by atoms with E-state index in [4.69, 9.17) is 4.99 Å². The molecule has 2 amide bonds. The molecule has 1 aliphatic rings. The van der Waals surface area contributed by atoms with Gasteiger partial charge < -0.3 is 15.3 Å². The van der Waals surface area contributed by atoms with Gasteiger partial charge in [-0.2, -0.15) is 0 Å². The van der Waals surface area contributed by atoms with Crippen molar-refractivity contribution in [3.05, 3.63) is 102 Å². The fraction of sp³-hybridized carbons (Fsp3) is 0.300. The molecule has 6 nitrogen and oxygen atoms in total. The first kappa shape index (κ1) is 25.3. The summed E-state index contributed by atoms with van der Waals surface area (Å²) in [5, 5.41) is 13.9. The second-order valence-electron chi connectivity index (χ2n) is 9.53. The van der Waals surface area contributed by atoms with Crippen molar-refractivity contribution in [2.75, 3.05) is 11.9 Å². The van der Waals surface area contributed by atoms with Crippen LogP contribution in [0.1, 0.15) is 37.0 Å². The minimum absolute atomic E-state index is 0.121. The van der Waals surface area contributed by atoms with E-state index in [0.29, 0.717) is 18.6 Å². The Bertz CT molecular complexity index is 1220. The van der Waals surface area contributed by atoms with Gasteiger partial charge in [-0.05, 0) is 30.4 Å². The average Bonchev–Trinajstić information content (AvgIpc) is 2.99. The van der Waals surface area contributed by atoms with Crippen molar-refractivity contribution in [1.82, 2.24) is 5.32 Å². The highest BCUT2D eigenvalue weighted by Crippen LogP contribution is 2.28. The minimum Gasteiger partial charge on any atom is -0.392 e. The summed E-state index contributed by atoms with van der Waals surface area (Å²) in [6.07, 6.45) is -0.843. The summed E-state index contributed by atoms with van der Waals surface area (Å²) in [5.74, 6) is -1.50. The predicted molar refractivity (Wildman–Crippen MR) is 143 cm³/mol. The summed E-state index contributed by atoms with van der Waals surface area (Å²) >= 11 is 0. The smallest absolute Gasteiger partial charge is 0.272 e. The number of nitrogens with zero attached hydrogens (tertiary/aromatic N) is 2. The fourth-order valence-corrected chi connectivity index (χ4v) is 4.73. The van der Waals surface area contributed by atoms with E-state index >= 15 is 0 Å². The average molecular weight is 484 g/mol. The molecule has 36 heavy (non-hydrogen) atoms. The molecule has 3 atom stereocenters. The van der Waals surface area contributed by atoms with E-state index in [-0.39, 0.29) is 17.7 Å². The molecular weight excluding hydrogens is 450 g/mol. The first-order chi connectivity index (χ1) is 17.4. The lowest BCUT2D eigenvalue weighted by Gasteiger charge is -2.27. The summed E-state index contributed by atoms with van der Waals surface area (Å²) in [7, 11) is 1.69. The number of anilines is 1. The molecule has 0 spiro atoms. The Balaban J connectivity index is 1.60. The summed E-state index contributed by atoms with van der Waals surface area (Å²) in [5.41, 5.74) is 4.15. The van der Waals surface area contributed by atoms with Crippen LogP contribution in [0.25, 0.3) is 0 Å². The van der Waals surface area contributed by atoms with Crippen LogP contribution in [0.2, 0.25) is 0 Å². The number of nitrogens with one attached hydrogen (secondary N) is 1. The molecule has 0 saturated carbocycles. The van der Waals surface area contributed by atoms with E-state index < -0.39 is 18.2 Å². The standard InChI is InChI=1S/C30H33N3O3/c1-20(2)26(25(34)19-18-21-12-6-4-7-13-21)29(35)32-28-30(36)33(3)24-17-11-10-16-23(24)27(31-28)22-14-8-5-9-15-22/h4-17,20,25-26,28,34H,18-19H2,1-3H3,(H,32,35)/t25?,26-,28?/m1/s1. The number of benzene rings is 3. The summed E-state index contributed by atoms with van der Waals surface area (Å²) < 4.78 is 0. The van der Waals surface area contributed by atoms with Gasteiger partial charge in [0.25, 0.3) is 5.91 Å². The molecule has 0 aromatic heterocycles. The number of aryl methyl sites for hydroxylation is 1. The Labute approximate surface area is 212 Å². The van der Waals surface area contributed by atoms with Crippen molar-refractivity contribution in [3.63, 3.8) is 0 Å². The fourth-order valence-electron chi connectivity index (χ4n) is 4.73. The molecular formula is C30H33N3O3. The molecule has 6 heteroatoms. The van der Waals surface area contributed by atoms with Gasteiger partial charge >= 0.3 is 0 Å². The van der Waals surface area contributed by atoms with Gasteiger partial charge in [0.1, 0.15) is 0 Å². The monoisotopic (exact) mass is 483 g/mol. The summed E-state index contributed by atoms with van der Waals surface area (Å²) in [6, 6.07) is 27.1. The van der Waals surface area contributed by atoms with E-state index in [2.05, 4.69) is 5.32 Å². The molecule has 1 aliphatic heterocycles. The molecule has 186 valence electrons. The summed E-state index contributed by atoms with van der Waals surface area (Å²) in [4.78, 5) is 33.2. The molecule has 2 N–H and O–H groups in total. The molecule has 4 rings (SSSR count). The van der Waals surface area contributed by atoms with Crippen molar-refractivity contribution in [2.24, 2.45) is 16.8 Å². The lowest BCUT2D eigenvalue weighted by Crippen LogP contribution is -2.50. The first-order valence-corrected chi connectivity index (χ1v) is 12.4. The molecule has 3 aromatic carbocycles. The minimum atomic E-state index is -1.10. The van der Waals surface area contributed by atoms with Crippen LogP contribution in [-0.2, 0) is 16.0 Å². The molecule has 0 radical (unpaired) electrons. The summed E-state index contributed by atoms with van der Waals surface area (Å²) in [6.45, 7) is 3.82. The van der Waals surface area contributed by atoms with Gasteiger partial charge in [-0.25, -0.2) is 4.99 Å². The van der Waals surface area contributed by atoms with Crippen molar-refractivity contribution < 1.29 is 14.7 Å². The van der Waals surface area contributed by atoms with Crippen LogP contribution in [0.4, 0.5) is 5.69 Å². The number of aliphatic hydroxyl groups is 1. The van der Waals surface area contributed by atoms with Crippen LogP contribution in [-0.4, -0.2) is 41.9 Å². The maximum absolute atomic E-state index is 13.5. The number of amides is 2. The molecule has 0 bridgehead atoms. The molecule has 0 saturated heterocycles. The zero-order valence-corrected chi connectivity index (χ0v) is 21.0. The predicted octanol–water partition coefficient (Wildman–Crippen LogP) is 4.21. The van der Waals surface area contributed by atoms with Gasteiger partial charge in [0.05, 0.1) is 23.4 Å². The molecule has 2 unspecified atom stereocenters. The molecule has 0 fully saturated rings. The van der Waals surface area contributed by atoms with Crippen LogP contribution < -0.4 is 10.2 Å². The molecule has 0 aliphatic carbocycles. The number of aliphatic hydroxyl groups excluding tert-OH is 1. The Hall–Kier alpha value is -3.77. The highest BCUT2D eigenvalue weighted by molar-refractivity contribution is 6.20. The van der Waals surface area contributed by atoms with Crippen LogP contribution in [0.5, 0.6) is 0 Å². The van der Waals surface area contributed by atoms with E-state index in [0.717, 1.165) is 22.4 Å². The van der Waals surface area contributed by atoms with E-state index in [9.17, 15) is 14.7 Å². The van der Waals surface area contributed by atoms with Gasteiger partial charge in [0, 0.05) is 18.2 Å². The number of para-hydroxylation sites is 1. The zero-order valence-electron chi connectivity index (χ0n) is 21.0. The Morgan fingerprint density at radius 1 is 0.972 bits per heavy atom. The van der Waals surface area contributed by atoms with Gasteiger partial charge in [-0.1, -0.05) is 92.7 Å². The maximum atomic E-state index is 13.5. The van der Waals surface area contributed by atoms with Gasteiger partial charge in [0.2, 0.25) is 12.1 Å². The largest absolute Gasteiger partial charge is 0.392 e. The van der Waals surface area contributed by atoms with Crippen molar-refractivity contribution >= 4 is 23.2 Å². The highest BCUT2D eigenvalue weighted by Gasteiger charge is 2.35. The Morgan fingerprint density at radius 3 is 2.25 bits per heavy atom. The van der Waals surface area contributed by atoms with Crippen molar-refractivity contribution in [1.29, 1.82) is 0 Å². The molecule has 1 heterocycles. The number of carbonyl (C=O) groups is 2. The number of fused-ring (bicyclic) bond motifs is 1. The number of hydrogen-bond acceptors (Lipinski definition) is 4. The SMILES string of the molecule is CC(C)[C@@H](C(=O)NC1N=C(c2ccccc2)c2ccccc2N(C)C1=O)C(O)CCc1ccccc1. The number of likely N-dealkylation sites (N-methyl/N-ethyl adjacent to an activating group) is 1. The normalized spacial score (nSPS) is 17.1. The van der Waals surface area contributed by atoms with Gasteiger partial charge in [-0.3, -0.25) is 9.59 Å². The number of hydrogen-bond donors (Lipinski definition) is 2. The van der Waals surface area contributed by atoms with Crippen LogP contribution in [0.3, 0.4) is 0 Å². The Kier molecular flexibility index (Phi) is 7.96. The van der Waals surface area contributed by atoms with Crippen molar-refractivity contribution in [3.8, 4) is 0 Å². The number of aliphatic imine (C=N–C) groups is 1. The zero-order chi connectivity index (χ0) is 25.7. The van der Waals surface area contributed by atoms with Crippen LogP contribution >= 0.6 is 0 Å². The third-order valence-electron chi connectivity index (χ3n) is 6.68. The Morgan fingerprint density at radius 2 is 1.58 bits per heavy atom. The van der Waals surface area contributed by atoms with Gasteiger partial charge in [-0.15, -0.1) is 0 Å². The second kappa shape index (κ2) is 11.3. The number of benzodiazepines with no additional fused rings is 1. The second-order valence-corrected chi connectivity index (χ2v) is 9.53. The van der Waals surface area contributed by atoms with E-state index in [1.165, 1.54) is 4.90 Å².